The Bertz CT molecular complexity index is 235. The summed E-state index contributed by atoms with van der Waals surface area (Å²) in [6.07, 6.45) is 3.92. The molecule has 1 saturated heterocycles. The van der Waals surface area contributed by atoms with Crippen LogP contribution in [0.1, 0.15) is 39.5 Å². The highest BCUT2D eigenvalue weighted by atomic mass is 32.1. The molecule has 0 aromatic heterocycles. The zero-order valence-corrected chi connectivity index (χ0v) is 11.2. The number of nitrogens with two attached hydrogens (primary N) is 1. The van der Waals surface area contributed by atoms with E-state index in [-0.39, 0.29) is 11.5 Å². The molecule has 94 valence electrons. The molecule has 1 heterocycles. The first-order valence-electron chi connectivity index (χ1n) is 6.12. The average molecular weight is 244 g/mol. The molecular formula is C12H24N2OS. The molecular weight excluding hydrogens is 220 g/mol. The van der Waals surface area contributed by atoms with Crippen molar-refractivity contribution < 1.29 is 5.11 Å². The third kappa shape index (κ3) is 4.36. The Hall–Kier alpha value is -0.190. The lowest BCUT2D eigenvalue weighted by molar-refractivity contribution is 0.0810. The summed E-state index contributed by atoms with van der Waals surface area (Å²) in [5, 5.41) is 9.39. The molecule has 1 aliphatic rings. The van der Waals surface area contributed by atoms with Crippen LogP contribution in [-0.2, 0) is 0 Å². The van der Waals surface area contributed by atoms with Crippen LogP contribution in [0.25, 0.3) is 0 Å². The van der Waals surface area contributed by atoms with Crippen molar-refractivity contribution in [3.63, 3.8) is 0 Å². The maximum Gasteiger partial charge on any atom is 0.0784 e. The maximum atomic E-state index is 9.39. The van der Waals surface area contributed by atoms with Gasteiger partial charge in [0.15, 0.2) is 0 Å². The molecule has 16 heavy (non-hydrogen) atoms. The second kappa shape index (κ2) is 5.94. The summed E-state index contributed by atoms with van der Waals surface area (Å²) in [7, 11) is 0. The summed E-state index contributed by atoms with van der Waals surface area (Å²) in [6.45, 7) is 7.35. The van der Waals surface area contributed by atoms with E-state index in [0.29, 0.717) is 4.99 Å². The normalized spacial score (nSPS) is 19.9. The van der Waals surface area contributed by atoms with E-state index >= 15 is 0 Å². The predicted molar refractivity (Wildman–Crippen MR) is 71.5 cm³/mol. The smallest absolute Gasteiger partial charge is 0.0784 e. The molecule has 0 saturated carbocycles. The van der Waals surface area contributed by atoms with Crippen molar-refractivity contribution in [2.45, 2.75) is 45.6 Å². The van der Waals surface area contributed by atoms with Gasteiger partial charge in [-0.2, -0.15) is 0 Å². The van der Waals surface area contributed by atoms with Gasteiger partial charge in [-0.05, 0) is 32.2 Å². The molecule has 0 amide bonds. The standard InChI is InChI=1S/C12H24N2OS/c1-12(2,11(13)16)6-3-7-14-8-4-10(15)5-9-14/h10,15H,3-9H2,1-2H3,(H2,13,16). The van der Waals surface area contributed by atoms with Crippen molar-refractivity contribution in [3.8, 4) is 0 Å². The number of piperidine rings is 1. The Kier molecular flexibility index (Phi) is 5.15. The fraction of sp³-hybridized carbons (Fsp3) is 0.917. The molecule has 4 heteroatoms. The highest BCUT2D eigenvalue weighted by Gasteiger charge is 2.22. The van der Waals surface area contributed by atoms with E-state index in [2.05, 4.69) is 18.7 Å². The number of nitrogens with zero attached hydrogens (tertiary/aromatic N) is 1. The molecule has 0 aromatic carbocycles. The highest BCUT2D eigenvalue weighted by Crippen LogP contribution is 2.23. The summed E-state index contributed by atoms with van der Waals surface area (Å²) >= 11 is 5.05. The number of likely N-dealkylation sites (tertiary alicyclic amines) is 1. The van der Waals surface area contributed by atoms with Crippen LogP contribution >= 0.6 is 12.2 Å². The Labute approximate surface area is 104 Å². The number of aliphatic hydroxyl groups excluding tert-OH is 1. The zero-order valence-electron chi connectivity index (χ0n) is 10.4. The average Bonchev–Trinajstić information content (AvgIpc) is 2.20. The SMILES string of the molecule is CC(C)(CCCN1CCC(O)CC1)C(N)=S. The van der Waals surface area contributed by atoms with Gasteiger partial charge < -0.3 is 15.7 Å². The molecule has 0 aromatic rings. The minimum atomic E-state index is -0.0793. The van der Waals surface area contributed by atoms with Crippen LogP contribution in [0.4, 0.5) is 0 Å². The largest absolute Gasteiger partial charge is 0.393 e. The Morgan fingerprint density at radius 2 is 2.00 bits per heavy atom. The maximum absolute atomic E-state index is 9.39. The number of aliphatic hydroxyl groups is 1. The van der Waals surface area contributed by atoms with E-state index in [4.69, 9.17) is 18.0 Å². The summed E-state index contributed by atoms with van der Waals surface area (Å²) in [5.41, 5.74) is 5.67. The number of hydrogen-bond acceptors (Lipinski definition) is 3. The summed E-state index contributed by atoms with van der Waals surface area (Å²) in [4.78, 5) is 3.03. The summed E-state index contributed by atoms with van der Waals surface area (Å²) in [5.74, 6) is 0. The highest BCUT2D eigenvalue weighted by molar-refractivity contribution is 7.80. The van der Waals surface area contributed by atoms with E-state index in [0.717, 1.165) is 45.3 Å². The monoisotopic (exact) mass is 244 g/mol. The zero-order chi connectivity index (χ0) is 12.2. The van der Waals surface area contributed by atoms with Gasteiger partial charge in [0.2, 0.25) is 0 Å². The van der Waals surface area contributed by atoms with Crippen LogP contribution in [0.3, 0.4) is 0 Å². The molecule has 3 nitrogen and oxygen atoms in total. The fourth-order valence-electron chi connectivity index (χ4n) is 2.01. The Morgan fingerprint density at radius 3 is 2.50 bits per heavy atom. The Balaban J connectivity index is 2.18. The molecule has 0 aliphatic carbocycles. The first-order valence-corrected chi connectivity index (χ1v) is 6.53. The second-order valence-electron chi connectivity index (χ2n) is 5.42. The van der Waals surface area contributed by atoms with E-state index in [9.17, 15) is 5.11 Å². The molecule has 0 radical (unpaired) electrons. The van der Waals surface area contributed by atoms with E-state index < -0.39 is 0 Å². The van der Waals surface area contributed by atoms with Gasteiger partial charge in [0.05, 0.1) is 11.1 Å². The minimum Gasteiger partial charge on any atom is -0.393 e. The minimum absolute atomic E-state index is 0.0232. The second-order valence-corrected chi connectivity index (χ2v) is 5.86. The van der Waals surface area contributed by atoms with Gasteiger partial charge in [-0.25, -0.2) is 0 Å². The van der Waals surface area contributed by atoms with Gasteiger partial charge in [0.25, 0.3) is 0 Å². The van der Waals surface area contributed by atoms with Gasteiger partial charge in [0.1, 0.15) is 0 Å². The molecule has 0 unspecified atom stereocenters. The van der Waals surface area contributed by atoms with Crippen molar-refractivity contribution in [2.24, 2.45) is 11.1 Å². The number of rotatable bonds is 5. The predicted octanol–water partition coefficient (Wildman–Crippen LogP) is 1.54. The molecule has 1 rings (SSSR count). The molecule has 0 bridgehead atoms. The Morgan fingerprint density at radius 1 is 1.44 bits per heavy atom. The first-order chi connectivity index (χ1) is 7.42. The van der Waals surface area contributed by atoms with Gasteiger partial charge in [0, 0.05) is 18.5 Å². The summed E-state index contributed by atoms with van der Waals surface area (Å²) in [6, 6.07) is 0. The third-order valence-corrected chi connectivity index (χ3v) is 4.05. The van der Waals surface area contributed by atoms with Crippen LogP contribution in [0.2, 0.25) is 0 Å². The molecule has 1 fully saturated rings. The fourth-order valence-corrected chi connectivity index (χ4v) is 2.11. The number of thiocarbonyl (C=S) groups is 1. The van der Waals surface area contributed by atoms with Crippen LogP contribution in [-0.4, -0.2) is 40.7 Å². The lowest BCUT2D eigenvalue weighted by atomic mass is 9.88. The van der Waals surface area contributed by atoms with Crippen molar-refractivity contribution in [1.29, 1.82) is 0 Å². The summed E-state index contributed by atoms with van der Waals surface area (Å²) < 4.78 is 0. The van der Waals surface area contributed by atoms with Crippen molar-refractivity contribution in [2.75, 3.05) is 19.6 Å². The van der Waals surface area contributed by atoms with Gasteiger partial charge in [-0.3, -0.25) is 0 Å². The van der Waals surface area contributed by atoms with Crippen molar-refractivity contribution in [3.05, 3.63) is 0 Å². The van der Waals surface area contributed by atoms with Crippen LogP contribution in [0, 0.1) is 5.41 Å². The third-order valence-electron chi connectivity index (χ3n) is 3.50. The van der Waals surface area contributed by atoms with E-state index in [1.807, 2.05) is 0 Å². The van der Waals surface area contributed by atoms with Crippen molar-refractivity contribution in [1.82, 2.24) is 4.90 Å². The van der Waals surface area contributed by atoms with E-state index in [1.54, 1.807) is 0 Å². The first kappa shape index (κ1) is 13.9. The van der Waals surface area contributed by atoms with Gasteiger partial charge >= 0.3 is 0 Å². The molecule has 1 aliphatic heterocycles. The molecule has 3 N–H and O–H groups in total. The van der Waals surface area contributed by atoms with Crippen LogP contribution in [0.5, 0.6) is 0 Å². The van der Waals surface area contributed by atoms with E-state index in [1.165, 1.54) is 0 Å². The molecule has 0 spiro atoms. The quantitative estimate of drug-likeness (QED) is 0.720. The molecule has 0 atom stereocenters. The van der Waals surface area contributed by atoms with Gasteiger partial charge in [-0.1, -0.05) is 26.1 Å². The number of hydrogen-bond donors (Lipinski definition) is 2. The lowest BCUT2D eigenvalue weighted by Crippen LogP contribution is -2.37. The van der Waals surface area contributed by atoms with Gasteiger partial charge in [-0.15, -0.1) is 0 Å². The van der Waals surface area contributed by atoms with Crippen LogP contribution < -0.4 is 5.73 Å². The van der Waals surface area contributed by atoms with Crippen molar-refractivity contribution >= 4 is 17.2 Å². The lowest BCUT2D eigenvalue weighted by Gasteiger charge is -2.30. The topological polar surface area (TPSA) is 49.5 Å². The van der Waals surface area contributed by atoms with Crippen LogP contribution in [0.15, 0.2) is 0 Å².